The van der Waals surface area contributed by atoms with Crippen LogP contribution in [0.25, 0.3) is 0 Å². The lowest BCUT2D eigenvalue weighted by molar-refractivity contribution is 0.321. The smallest absolute Gasteiger partial charge is 0.165 e. The second kappa shape index (κ2) is 7.82. The minimum absolute atomic E-state index is 0.0242. The average molecular weight is 342 g/mol. The van der Waals surface area contributed by atoms with Crippen LogP contribution in [0, 0.1) is 5.82 Å². The monoisotopic (exact) mass is 341 g/mol. The number of rotatable bonds is 6. The van der Waals surface area contributed by atoms with Crippen LogP contribution >= 0.6 is 23.2 Å². The van der Waals surface area contributed by atoms with Gasteiger partial charge in [0, 0.05) is 16.0 Å². The number of halogens is 3. The maximum atomic E-state index is 14.0. The molecule has 0 aliphatic rings. The lowest BCUT2D eigenvalue weighted by Crippen LogP contribution is -2.15. The molecule has 0 fully saturated rings. The van der Waals surface area contributed by atoms with Crippen molar-refractivity contribution < 1.29 is 9.13 Å². The summed E-state index contributed by atoms with van der Waals surface area (Å²) in [5.41, 5.74) is 7.63. The van der Waals surface area contributed by atoms with Crippen molar-refractivity contribution in [1.29, 1.82) is 0 Å². The molecule has 1 atom stereocenters. The molecule has 1 unspecified atom stereocenters. The zero-order valence-electron chi connectivity index (χ0n) is 12.3. The second-order valence-corrected chi connectivity index (χ2v) is 5.84. The van der Waals surface area contributed by atoms with Crippen molar-refractivity contribution in [2.24, 2.45) is 5.73 Å². The molecular formula is C17H18Cl2FNO. The Morgan fingerprint density at radius 2 is 1.95 bits per heavy atom. The molecule has 2 aromatic rings. The molecule has 0 radical (unpaired) electrons. The highest BCUT2D eigenvalue weighted by molar-refractivity contribution is 6.35. The minimum Gasteiger partial charge on any atom is -0.491 e. The van der Waals surface area contributed by atoms with E-state index in [0.29, 0.717) is 29.6 Å². The van der Waals surface area contributed by atoms with Crippen LogP contribution in [-0.2, 0) is 6.42 Å². The van der Waals surface area contributed by atoms with Gasteiger partial charge in [0.25, 0.3) is 0 Å². The van der Waals surface area contributed by atoms with E-state index in [1.165, 1.54) is 6.07 Å². The summed E-state index contributed by atoms with van der Waals surface area (Å²) >= 11 is 12.1. The number of hydrogen-bond acceptors (Lipinski definition) is 2. The molecule has 0 saturated carbocycles. The maximum Gasteiger partial charge on any atom is 0.165 e. The van der Waals surface area contributed by atoms with Gasteiger partial charge in [0.2, 0.25) is 0 Å². The molecule has 2 aromatic carbocycles. The van der Waals surface area contributed by atoms with Crippen molar-refractivity contribution in [3.8, 4) is 5.75 Å². The Morgan fingerprint density at radius 3 is 2.55 bits per heavy atom. The molecule has 0 heterocycles. The SMILES string of the molecule is CCOc1ccc(C(CN)Cc2ccc(Cl)cc2Cl)cc1F. The largest absolute Gasteiger partial charge is 0.491 e. The van der Waals surface area contributed by atoms with E-state index in [4.69, 9.17) is 33.7 Å². The molecule has 5 heteroatoms. The second-order valence-electron chi connectivity index (χ2n) is 5.00. The van der Waals surface area contributed by atoms with E-state index in [-0.39, 0.29) is 17.5 Å². The van der Waals surface area contributed by atoms with Gasteiger partial charge in [-0.15, -0.1) is 0 Å². The van der Waals surface area contributed by atoms with Gasteiger partial charge < -0.3 is 10.5 Å². The first-order valence-electron chi connectivity index (χ1n) is 7.11. The zero-order valence-corrected chi connectivity index (χ0v) is 13.8. The first-order valence-corrected chi connectivity index (χ1v) is 7.87. The van der Waals surface area contributed by atoms with E-state index in [9.17, 15) is 4.39 Å². The minimum atomic E-state index is -0.375. The molecule has 0 aliphatic heterocycles. The summed E-state index contributed by atoms with van der Waals surface area (Å²) in [6.07, 6.45) is 0.625. The molecule has 0 amide bonds. The average Bonchev–Trinajstić information content (AvgIpc) is 2.49. The molecule has 0 spiro atoms. The molecule has 0 bridgehead atoms. The molecule has 22 heavy (non-hydrogen) atoms. The first-order chi connectivity index (χ1) is 10.5. The van der Waals surface area contributed by atoms with Crippen molar-refractivity contribution in [2.45, 2.75) is 19.3 Å². The van der Waals surface area contributed by atoms with Crippen molar-refractivity contribution >= 4 is 23.2 Å². The Hall–Kier alpha value is -1.29. The summed E-state index contributed by atoms with van der Waals surface area (Å²) in [4.78, 5) is 0. The highest BCUT2D eigenvalue weighted by Gasteiger charge is 2.15. The summed E-state index contributed by atoms with van der Waals surface area (Å²) in [5.74, 6) is -0.143. The van der Waals surface area contributed by atoms with E-state index in [1.807, 2.05) is 19.1 Å². The standard InChI is InChI=1S/C17H18Cl2FNO/c1-2-22-17-6-4-11(8-16(17)20)13(10-21)7-12-3-5-14(18)9-15(12)19/h3-6,8-9,13H,2,7,10,21H2,1H3. The van der Waals surface area contributed by atoms with Gasteiger partial charge >= 0.3 is 0 Å². The van der Waals surface area contributed by atoms with Crippen molar-refractivity contribution in [2.75, 3.05) is 13.2 Å². The number of benzene rings is 2. The third-order valence-corrected chi connectivity index (χ3v) is 4.08. The van der Waals surface area contributed by atoms with Crippen LogP contribution < -0.4 is 10.5 Å². The van der Waals surface area contributed by atoms with Crippen molar-refractivity contribution in [3.63, 3.8) is 0 Å². The third-order valence-electron chi connectivity index (χ3n) is 3.49. The lowest BCUT2D eigenvalue weighted by atomic mass is 9.92. The van der Waals surface area contributed by atoms with Crippen LogP contribution in [0.3, 0.4) is 0 Å². The van der Waals surface area contributed by atoms with Gasteiger partial charge in [-0.2, -0.15) is 0 Å². The molecule has 0 saturated heterocycles. The van der Waals surface area contributed by atoms with E-state index in [0.717, 1.165) is 11.1 Å². The van der Waals surface area contributed by atoms with E-state index < -0.39 is 0 Å². The fourth-order valence-corrected chi connectivity index (χ4v) is 2.82. The van der Waals surface area contributed by atoms with Crippen LogP contribution in [0.15, 0.2) is 36.4 Å². The Labute approximate surface area is 140 Å². The molecule has 0 aliphatic carbocycles. The van der Waals surface area contributed by atoms with Crippen LogP contribution in [0.4, 0.5) is 4.39 Å². The van der Waals surface area contributed by atoms with Crippen LogP contribution in [0.2, 0.25) is 10.0 Å². The zero-order chi connectivity index (χ0) is 16.1. The summed E-state index contributed by atoms with van der Waals surface area (Å²) in [6, 6.07) is 10.3. The van der Waals surface area contributed by atoms with Gasteiger partial charge in [-0.05, 0) is 55.3 Å². The van der Waals surface area contributed by atoms with E-state index >= 15 is 0 Å². The molecular weight excluding hydrogens is 324 g/mol. The molecule has 2 rings (SSSR count). The lowest BCUT2D eigenvalue weighted by Gasteiger charge is -2.17. The Kier molecular flexibility index (Phi) is 6.07. The van der Waals surface area contributed by atoms with Crippen LogP contribution in [-0.4, -0.2) is 13.2 Å². The molecule has 2 nitrogen and oxygen atoms in total. The topological polar surface area (TPSA) is 35.2 Å². The summed E-state index contributed by atoms with van der Waals surface area (Å²) in [5, 5.41) is 1.18. The molecule has 0 aromatic heterocycles. The maximum absolute atomic E-state index is 14.0. The van der Waals surface area contributed by atoms with Crippen LogP contribution in [0.5, 0.6) is 5.75 Å². The van der Waals surface area contributed by atoms with E-state index in [1.54, 1.807) is 18.2 Å². The number of ether oxygens (including phenoxy) is 1. The van der Waals surface area contributed by atoms with Gasteiger partial charge in [0.1, 0.15) is 0 Å². The third kappa shape index (κ3) is 4.13. The molecule has 118 valence electrons. The van der Waals surface area contributed by atoms with Gasteiger partial charge in [0.05, 0.1) is 6.61 Å². The predicted octanol–water partition coefficient (Wildman–Crippen LogP) is 4.82. The normalized spacial score (nSPS) is 12.2. The predicted molar refractivity (Wildman–Crippen MR) is 89.5 cm³/mol. The Morgan fingerprint density at radius 1 is 1.18 bits per heavy atom. The summed E-state index contributed by atoms with van der Waals surface area (Å²) in [7, 11) is 0. The summed E-state index contributed by atoms with van der Waals surface area (Å²) < 4.78 is 19.2. The van der Waals surface area contributed by atoms with E-state index in [2.05, 4.69) is 0 Å². The molecule has 2 N–H and O–H groups in total. The van der Waals surface area contributed by atoms with Gasteiger partial charge in [-0.1, -0.05) is 35.3 Å². The Balaban J connectivity index is 2.22. The van der Waals surface area contributed by atoms with Gasteiger partial charge in [-0.25, -0.2) is 4.39 Å². The van der Waals surface area contributed by atoms with Crippen LogP contribution in [0.1, 0.15) is 24.0 Å². The van der Waals surface area contributed by atoms with Gasteiger partial charge in [-0.3, -0.25) is 0 Å². The first kappa shape index (κ1) is 17.1. The summed E-state index contributed by atoms with van der Waals surface area (Å²) in [6.45, 7) is 2.64. The van der Waals surface area contributed by atoms with Crippen molar-refractivity contribution in [1.82, 2.24) is 0 Å². The fraction of sp³-hybridized carbons (Fsp3) is 0.294. The van der Waals surface area contributed by atoms with Gasteiger partial charge in [0.15, 0.2) is 11.6 Å². The highest BCUT2D eigenvalue weighted by Crippen LogP contribution is 2.29. The quantitative estimate of drug-likeness (QED) is 0.817. The van der Waals surface area contributed by atoms with Crippen molar-refractivity contribution in [3.05, 3.63) is 63.4 Å². The number of nitrogens with two attached hydrogens (primary N) is 1. The number of hydrogen-bond donors (Lipinski definition) is 1. The highest BCUT2D eigenvalue weighted by atomic mass is 35.5. The Bertz CT molecular complexity index is 649. The fourth-order valence-electron chi connectivity index (χ4n) is 2.33.